The molecule has 1 aliphatic heterocycles. The van der Waals surface area contributed by atoms with E-state index < -0.39 is 12.5 Å². The van der Waals surface area contributed by atoms with Crippen LogP contribution in [0.1, 0.15) is 43.7 Å². The number of hydrogen-bond donors (Lipinski definition) is 1. The van der Waals surface area contributed by atoms with E-state index in [9.17, 15) is 17.6 Å². The van der Waals surface area contributed by atoms with Crippen molar-refractivity contribution in [1.29, 1.82) is 0 Å². The highest BCUT2D eigenvalue weighted by Gasteiger charge is 2.44. The number of alkyl halides is 4. The lowest BCUT2D eigenvalue weighted by molar-refractivity contribution is -0.253. The van der Waals surface area contributed by atoms with Crippen LogP contribution in [0.25, 0.3) is 0 Å². The molecule has 0 unspecified atom stereocenters. The van der Waals surface area contributed by atoms with Crippen molar-refractivity contribution in [2.75, 3.05) is 26.2 Å². The summed E-state index contributed by atoms with van der Waals surface area (Å²) in [5.41, 5.74) is 0.876. The van der Waals surface area contributed by atoms with E-state index in [1.165, 1.54) is 31.4 Å². The van der Waals surface area contributed by atoms with Crippen molar-refractivity contribution in [3.8, 4) is 5.75 Å². The number of rotatable bonds is 6. The first-order valence-electron chi connectivity index (χ1n) is 9.37. The summed E-state index contributed by atoms with van der Waals surface area (Å²) in [6.07, 6.45) is -2.55. The second-order valence-corrected chi connectivity index (χ2v) is 7.17. The van der Waals surface area contributed by atoms with E-state index in [0.717, 1.165) is 44.6 Å². The van der Waals surface area contributed by atoms with Crippen molar-refractivity contribution in [1.82, 2.24) is 10.2 Å². The topological polar surface area (TPSA) is 24.5 Å². The molecular weight excluding hydrogens is 348 g/mol. The Labute approximate surface area is 151 Å². The van der Waals surface area contributed by atoms with Gasteiger partial charge in [-0.25, -0.2) is 0 Å². The summed E-state index contributed by atoms with van der Waals surface area (Å²) in [6, 6.07) is 6.45. The highest BCUT2D eigenvalue weighted by molar-refractivity contribution is 5.31. The second kappa shape index (κ2) is 8.57. The van der Waals surface area contributed by atoms with E-state index in [4.69, 9.17) is 0 Å². The summed E-state index contributed by atoms with van der Waals surface area (Å²) < 4.78 is 55.8. The number of benzene rings is 1. The molecule has 0 aromatic heterocycles. The van der Waals surface area contributed by atoms with Crippen molar-refractivity contribution < 1.29 is 22.3 Å². The lowest BCUT2D eigenvalue weighted by Gasteiger charge is -2.41. The van der Waals surface area contributed by atoms with Gasteiger partial charge >= 0.3 is 12.5 Å². The van der Waals surface area contributed by atoms with E-state index in [-0.39, 0.29) is 11.8 Å². The normalized spacial score (nSPS) is 21.7. The predicted octanol–water partition coefficient (Wildman–Crippen LogP) is 4.45. The molecule has 0 spiro atoms. The molecule has 7 heteroatoms. The molecule has 1 heterocycles. The lowest BCUT2D eigenvalue weighted by atomic mass is 9.80. The third-order valence-corrected chi connectivity index (χ3v) is 5.35. The molecule has 1 saturated carbocycles. The number of ether oxygens (including phenoxy) is 1. The Morgan fingerprint density at radius 3 is 2.42 bits per heavy atom. The summed E-state index contributed by atoms with van der Waals surface area (Å²) in [4.78, 5) is 2.39. The molecule has 0 bridgehead atoms. The van der Waals surface area contributed by atoms with Crippen LogP contribution in [-0.2, 0) is 0 Å². The molecule has 1 aromatic rings. The first-order chi connectivity index (χ1) is 12.5. The van der Waals surface area contributed by atoms with Crippen LogP contribution in [0.15, 0.2) is 24.3 Å². The van der Waals surface area contributed by atoms with E-state index in [1.807, 2.05) is 6.07 Å². The van der Waals surface area contributed by atoms with Gasteiger partial charge in [0.1, 0.15) is 5.75 Å². The molecule has 2 aliphatic rings. The molecule has 1 aliphatic carbocycles. The fraction of sp³-hybridized carbons (Fsp3) is 0.684. The Morgan fingerprint density at radius 1 is 1.08 bits per heavy atom. The average Bonchev–Trinajstić information content (AvgIpc) is 2.64. The molecule has 2 fully saturated rings. The Kier molecular flexibility index (Phi) is 6.40. The monoisotopic (exact) mass is 374 g/mol. The van der Waals surface area contributed by atoms with Crippen molar-refractivity contribution in [3.05, 3.63) is 29.8 Å². The van der Waals surface area contributed by atoms with Gasteiger partial charge < -0.3 is 10.1 Å². The Morgan fingerprint density at radius 2 is 1.77 bits per heavy atom. The quantitative estimate of drug-likeness (QED) is 0.745. The third-order valence-electron chi connectivity index (χ3n) is 5.35. The Hall–Kier alpha value is -1.34. The van der Waals surface area contributed by atoms with Gasteiger partial charge in [-0.15, -0.1) is 0 Å². The van der Waals surface area contributed by atoms with E-state index in [1.54, 1.807) is 6.07 Å². The minimum absolute atomic E-state index is 0.112. The van der Waals surface area contributed by atoms with Gasteiger partial charge in [0.15, 0.2) is 0 Å². The molecule has 3 nitrogen and oxygen atoms in total. The van der Waals surface area contributed by atoms with Crippen LogP contribution in [0.5, 0.6) is 5.75 Å². The second-order valence-electron chi connectivity index (χ2n) is 7.17. The van der Waals surface area contributed by atoms with Gasteiger partial charge in [0, 0.05) is 32.2 Å². The van der Waals surface area contributed by atoms with Crippen LogP contribution in [0, 0.1) is 5.92 Å². The molecule has 1 saturated heterocycles. The molecule has 146 valence electrons. The fourth-order valence-corrected chi connectivity index (χ4v) is 4.16. The maximum atomic E-state index is 13.3. The SMILES string of the molecule is FC(F)C(F)(F)Oc1cccc([C@H](C2CCCCC2)N2CCNCC2)c1. The zero-order valence-electron chi connectivity index (χ0n) is 14.8. The summed E-state index contributed by atoms with van der Waals surface area (Å²) in [6.45, 7) is 3.56. The van der Waals surface area contributed by atoms with Gasteiger partial charge in [0.05, 0.1) is 0 Å². The van der Waals surface area contributed by atoms with Crippen LogP contribution >= 0.6 is 0 Å². The summed E-state index contributed by atoms with van der Waals surface area (Å²) in [5, 5.41) is 3.33. The van der Waals surface area contributed by atoms with Crippen LogP contribution in [-0.4, -0.2) is 43.6 Å². The van der Waals surface area contributed by atoms with Crippen molar-refractivity contribution in [2.45, 2.75) is 50.7 Å². The first kappa shape index (κ1) is 19.4. The molecule has 0 amide bonds. The van der Waals surface area contributed by atoms with Gasteiger partial charge in [0.2, 0.25) is 0 Å². The molecular formula is C19H26F4N2O. The summed E-state index contributed by atoms with van der Waals surface area (Å²) >= 11 is 0. The standard InChI is InChI=1S/C19H26F4N2O/c20-18(21)19(22,23)26-16-8-4-7-15(13-16)17(14-5-2-1-3-6-14)25-11-9-24-10-12-25/h4,7-8,13-14,17-18,24H,1-3,5-6,9-12H2/t17-/m0/s1. The summed E-state index contributed by atoms with van der Waals surface area (Å²) in [7, 11) is 0. The van der Waals surface area contributed by atoms with E-state index in [0.29, 0.717) is 5.92 Å². The first-order valence-corrected chi connectivity index (χ1v) is 9.37. The van der Waals surface area contributed by atoms with Crippen LogP contribution in [0.4, 0.5) is 17.6 Å². The lowest BCUT2D eigenvalue weighted by Crippen LogP contribution is -2.47. The van der Waals surface area contributed by atoms with Crippen LogP contribution in [0.2, 0.25) is 0 Å². The highest BCUT2D eigenvalue weighted by atomic mass is 19.3. The zero-order valence-corrected chi connectivity index (χ0v) is 14.8. The van der Waals surface area contributed by atoms with Gasteiger partial charge in [-0.1, -0.05) is 31.4 Å². The van der Waals surface area contributed by atoms with Crippen molar-refractivity contribution in [2.24, 2.45) is 5.92 Å². The zero-order chi connectivity index (χ0) is 18.6. The van der Waals surface area contributed by atoms with Gasteiger partial charge in [-0.05, 0) is 36.5 Å². The Bertz CT molecular complexity index is 554. The maximum absolute atomic E-state index is 13.3. The fourth-order valence-electron chi connectivity index (χ4n) is 4.16. The van der Waals surface area contributed by atoms with E-state index >= 15 is 0 Å². The van der Waals surface area contributed by atoms with Gasteiger partial charge in [-0.3, -0.25) is 4.90 Å². The highest BCUT2D eigenvalue weighted by Crippen LogP contribution is 2.40. The predicted molar refractivity (Wildman–Crippen MR) is 91.8 cm³/mol. The minimum Gasteiger partial charge on any atom is -0.428 e. The molecule has 3 rings (SSSR count). The molecule has 1 atom stereocenters. The largest absolute Gasteiger partial charge is 0.461 e. The third kappa shape index (κ3) is 4.68. The molecule has 0 radical (unpaired) electrons. The number of piperazine rings is 1. The van der Waals surface area contributed by atoms with Crippen molar-refractivity contribution >= 4 is 0 Å². The van der Waals surface area contributed by atoms with Gasteiger partial charge in [0.25, 0.3) is 0 Å². The smallest absolute Gasteiger partial charge is 0.428 e. The number of nitrogens with zero attached hydrogens (tertiary/aromatic N) is 1. The van der Waals surface area contributed by atoms with Gasteiger partial charge in [-0.2, -0.15) is 17.6 Å². The van der Waals surface area contributed by atoms with Crippen molar-refractivity contribution in [3.63, 3.8) is 0 Å². The molecule has 1 aromatic carbocycles. The molecule has 1 N–H and O–H groups in total. The van der Waals surface area contributed by atoms with E-state index in [2.05, 4.69) is 15.0 Å². The summed E-state index contributed by atoms with van der Waals surface area (Å²) in [5.74, 6) is 0.247. The maximum Gasteiger partial charge on any atom is 0.461 e. The number of nitrogens with one attached hydrogen (secondary N) is 1. The van der Waals surface area contributed by atoms with Crippen LogP contribution < -0.4 is 10.1 Å². The van der Waals surface area contributed by atoms with Crippen LogP contribution in [0.3, 0.4) is 0 Å². The molecule has 26 heavy (non-hydrogen) atoms. The Balaban J connectivity index is 1.84. The number of halogens is 4. The average molecular weight is 374 g/mol. The number of hydrogen-bond acceptors (Lipinski definition) is 3. The minimum atomic E-state index is -4.48.